The standard InChI is InChI=1S/C21H14Cl2O5S/c1-29(26,27)28-17-9-4-14(5-10-17)20(24)18-11-8-16(23)12-19(18)21(25)13-2-6-15(22)7-3-13/h2-12H,1H3. The summed E-state index contributed by atoms with van der Waals surface area (Å²) >= 11 is 11.9. The first-order chi connectivity index (χ1) is 13.6. The van der Waals surface area contributed by atoms with Crippen LogP contribution in [0.3, 0.4) is 0 Å². The third-order valence-electron chi connectivity index (χ3n) is 3.94. The van der Waals surface area contributed by atoms with Gasteiger partial charge in [0.1, 0.15) is 5.75 Å². The minimum absolute atomic E-state index is 0.0811. The van der Waals surface area contributed by atoms with Gasteiger partial charge in [-0.2, -0.15) is 8.42 Å². The zero-order chi connectivity index (χ0) is 21.2. The molecule has 0 fully saturated rings. The Labute approximate surface area is 178 Å². The fourth-order valence-electron chi connectivity index (χ4n) is 2.65. The van der Waals surface area contributed by atoms with Gasteiger partial charge >= 0.3 is 10.1 Å². The highest BCUT2D eigenvalue weighted by Crippen LogP contribution is 2.24. The summed E-state index contributed by atoms with van der Waals surface area (Å²) in [4.78, 5) is 25.9. The van der Waals surface area contributed by atoms with E-state index < -0.39 is 15.9 Å². The van der Waals surface area contributed by atoms with Gasteiger partial charge in [-0.15, -0.1) is 0 Å². The van der Waals surface area contributed by atoms with Crippen molar-refractivity contribution < 1.29 is 22.2 Å². The number of rotatable bonds is 6. The predicted molar refractivity (Wildman–Crippen MR) is 112 cm³/mol. The molecule has 0 N–H and O–H groups in total. The van der Waals surface area contributed by atoms with E-state index in [4.69, 9.17) is 27.4 Å². The summed E-state index contributed by atoms with van der Waals surface area (Å²) in [6.45, 7) is 0. The van der Waals surface area contributed by atoms with E-state index in [1.807, 2.05) is 0 Å². The molecule has 148 valence electrons. The molecule has 0 radical (unpaired) electrons. The molecule has 0 saturated heterocycles. The van der Waals surface area contributed by atoms with E-state index in [9.17, 15) is 18.0 Å². The van der Waals surface area contributed by atoms with Gasteiger partial charge in [-0.1, -0.05) is 23.2 Å². The van der Waals surface area contributed by atoms with Crippen LogP contribution in [-0.4, -0.2) is 26.2 Å². The Hall–Kier alpha value is -2.67. The van der Waals surface area contributed by atoms with E-state index in [2.05, 4.69) is 0 Å². The highest BCUT2D eigenvalue weighted by Gasteiger charge is 2.20. The van der Waals surface area contributed by atoms with E-state index in [0.29, 0.717) is 15.6 Å². The number of carbonyl (C=O) groups is 2. The molecule has 0 aliphatic heterocycles. The quantitative estimate of drug-likeness (QED) is 0.399. The lowest BCUT2D eigenvalue weighted by molar-refractivity contribution is 0.100. The third-order valence-corrected chi connectivity index (χ3v) is 4.92. The van der Waals surface area contributed by atoms with E-state index in [1.165, 1.54) is 42.5 Å². The second-order valence-corrected chi connectivity index (χ2v) is 8.61. The van der Waals surface area contributed by atoms with Crippen molar-refractivity contribution in [2.75, 3.05) is 6.26 Å². The molecule has 0 heterocycles. The number of halogens is 2. The lowest BCUT2D eigenvalue weighted by atomic mass is 9.93. The summed E-state index contributed by atoms with van der Waals surface area (Å²) in [7, 11) is -3.67. The molecular weight excluding hydrogens is 435 g/mol. The Kier molecular flexibility index (Phi) is 6.07. The van der Waals surface area contributed by atoms with Gasteiger partial charge in [-0.25, -0.2) is 0 Å². The van der Waals surface area contributed by atoms with Gasteiger partial charge in [-0.05, 0) is 66.7 Å². The number of benzene rings is 3. The fourth-order valence-corrected chi connectivity index (χ4v) is 3.41. The Bertz CT molecular complexity index is 1180. The minimum atomic E-state index is -3.67. The Balaban J connectivity index is 1.97. The highest BCUT2D eigenvalue weighted by atomic mass is 35.5. The topological polar surface area (TPSA) is 77.5 Å². The maximum Gasteiger partial charge on any atom is 0.306 e. The Morgan fingerprint density at radius 1 is 0.724 bits per heavy atom. The molecule has 0 saturated carbocycles. The number of hydrogen-bond acceptors (Lipinski definition) is 5. The van der Waals surface area contributed by atoms with Gasteiger partial charge in [-0.3, -0.25) is 9.59 Å². The number of ketones is 2. The summed E-state index contributed by atoms with van der Waals surface area (Å²) in [5.41, 5.74) is 0.952. The van der Waals surface area contributed by atoms with Crippen molar-refractivity contribution >= 4 is 44.9 Å². The molecule has 0 spiro atoms. The molecule has 3 rings (SSSR count). The largest absolute Gasteiger partial charge is 0.383 e. The smallest absolute Gasteiger partial charge is 0.306 e. The molecule has 8 heteroatoms. The van der Waals surface area contributed by atoms with Gasteiger partial charge < -0.3 is 4.18 Å². The number of hydrogen-bond donors (Lipinski definition) is 0. The molecule has 3 aromatic rings. The molecule has 0 aliphatic rings. The Morgan fingerprint density at radius 3 is 1.76 bits per heavy atom. The number of carbonyl (C=O) groups excluding carboxylic acids is 2. The summed E-state index contributed by atoms with van der Waals surface area (Å²) in [5.74, 6) is -0.702. The van der Waals surface area contributed by atoms with Crippen LogP contribution in [0.4, 0.5) is 0 Å². The van der Waals surface area contributed by atoms with Crippen LogP contribution in [0, 0.1) is 0 Å². The zero-order valence-corrected chi connectivity index (χ0v) is 17.4. The second kappa shape index (κ2) is 8.37. The van der Waals surface area contributed by atoms with Gasteiger partial charge in [0.15, 0.2) is 11.6 Å². The molecule has 0 bridgehead atoms. The van der Waals surface area contributed by atoms with Crippen molar-refractivity contribution in [3.63, 3.8) is 0 Å². The fraction of sp³-hybridized carbons (Fsp3) is 0.0476. The normalized spacial score (nSPS) is 11.1. The van der Waals surface area contributed by atoms with E-state index in [-0.39, 0.29) is 28.2 Å². The molecule has 0 atom stereocenters. The molecule has 29 heavy (non-hydrogen) atoms. The molecule has 5 nitrogen and oxygen atoms in total. The molecule has 0 unspecified atom stereocenters. The first-order valence-electron chi connectivity index (χ1n) is 8.28. The summed E-state index contributed by atoms with van der Waals surface area (Å²) < 4.78 is 27.2. The first kappa shape index (κ1) is 21.0. The van der Waals surface area contributed by atoms with Crippen molar-refractivity contribution in [1.82, 2.24) is 0 Å². The average Bonchev–Trinajstić information content (AvgIpc) is 2.67. The van der Waals surface area contributed by atoms with Crippen molar-refractivity contribution in [2.24, 2.45) is 0 Å². The van der Waals surface area contributed by atoms with Crippen LogP contribution in [0.2, 0.25) is 10.0 Å². The predicted octanol–water partition coefficient (Wildman–Crippen LogP) is 4.79. The maximum absolute atomic E-state index is 13.0. The summed E-state index contributed by atoms with van der Waals surface area (Å²) in [6.07, 6.45) is 0.925. The molecule has 0 amide bonds. The van der Waals surface area contributed by atoms with Gasteiger partial charge in [0.25, 0.3) is 0 Å². The maximum atomic E-state index is 13.0. The van der Waals surface area contributed by atoms with Gasteiger partial charge in [0, 0.05) is 32.3 Å². The molecule has 0 aromatic heterocycles. The van der Waals surface area contributed by atoms with Crippen molar-refractivity contribution in [3.05, 3.63) is 99.0 Å². The lowest BCUT2D eigenvalue weighted by Crippen LogP contribution is -2.11. The average molecular weight is 449 g/mol. The monoisotopic (exact) mass is 448 g/mol. The van der Waals surface area contributed by atoms with E-state index >= 15 is 0 Å². The molecule has 0 aliphatic carbocycles. The van der Waals surface area contributed by atoms with Crippen molar-refractivity contribution in [1.29, 1.82) is 0 Å². The van der Waals surface area contributed by atoms with Gasteiger partial charge in [0.05, 0.1) is 6.26 Å². The summed E-state index contributed by atoms with van der Waals surface area (Å²) in [5, 5.41) is 0.802. The molecule has 3 aromatic carbocycles. The lowest BCUT2D eigenvalue weighted by Gasteiger charge is -2.10. The van der Waals surface area contributed by atoms with Crippen molar-refractivity contribution in [3.8, 4) is 5.75 Å². The van der Waals surface area contributed by atoms with Crippen LogP contribution in [-0.2, 0) is 10.1 Å². The van der Waals surface area contributed by atoms with Crippen LogP contribution < -0.4 is 4.18 Å². The Morgan fingerprint density at radius 2 is 1.21 bits per heavy atom. The van der Waals surface area contributed by atoms with Gasteiger partial charge in [0.2, 0.25) is 0 Å². The second-order valence-electron chi connectivity index (χ2n) is 6.17. The van der Waals surface area contributed by atoms with E-state index in [1.54, 1.807) is 24.3 Å². The van der Waals surface area contributed by atoms with E-state index in [0.717, 1.165) is 6.26 Å². The van der Waals surface area contributed by atoms with Crippen molar-refractivity contribution in [2.45, 2.75) is 0 Å². The van der Waals surface area contributed by atoms with Crippen LogP contribution >= 0.6 is 23.2 Å². The highest BCUT2D eigenvalue weighted by molar-refractivity contribution is 7.86. The third kappa shape index (κ3) is 5.23. The summed E-state index contributed by atoms with van der Waals surface area (Å²) in [6, 6.07) is 16.3. The van der Waals surface area contributed by atoms with Crippen LogP contribution in [0.15, 0.2) is 66.7 Å². The van der Waals surface area contributed by atoms with Crippen LogP contribution in [0.25, 0.3) is 0 Å². The minimum Gasteiger partial charge on any atom is -0.383 e. The SMILES string of the molecule is CS(=O)(=O)Oc1ccc(C(=O)c2ccc(Cl)cc2C(=O)c2ccc(Cl)cc2)cc1. The molecular formula is C21H14Cl2O5S. The zero-order valence-electron chi connectivity index (χ0n) is 15.1. The van der Waals surface area contributed by atoms with Crippen LogP contribution in [0.5, 0.6) is 5.75 Å². The van der Waals surface area contributed by atoms with Crippen LogP contribution in [0.1, 0.15) is 31.8 Å². The first-order valence-corrected chi connectivity index (χ1v) is 10.9.